The van der Waals surface area contributed by atoms with E-state index in [0.29, 0.717) is 5.69 Å². The summed E-state index contributed by atoms with van der Waals surface area (Å²) in [5.74, 6) is -1.65. The van der Waals surface area contributed by atoms with Gasteiger partial charge in [0.25, 0.3) is 0 Å². The van der Waals surface area contributed by atoms with Crippen LogP contribution in [0.3, 0.4) is 0 Å². The number of aliphatic hydroxyl groups excluding tert-OH is 1. The zero-order chi connectivity index (χ0) is 24.9. The number of aliphatic hydroxyl groups is 1. The van der Waals surface area contributed by atoms with E-state index in [1.165, 1.54) is 17.8 Å². The summed E-state index contributed by atoms with van der Waals surface area (Å²) in [6, 6.07) is 17.4. The Hall–Kier alpha value is -4.18. The van der Waals surface area contributed by atoms with E-state index in [1.807, 2.05) is 36.4 Å². The van der Waals surface area contributed by atoms with Crippen LogP contribution in [-0.2, 0) is 23.1 Å². The Balaban J connectivity index is 1.21. The number of carboxylic acid groups (broad SMARTS) is 1. The predicted octanol–water partition coefficient (Wildman–Crippen LogP) is 2.02. The van der Waals surface area contributed by atoms with Crippen molar-refractivity contribution in [1.29, 1.82) is 0 Å². The van der Waals surface area contributed by atoms with E-state index in [9.17, 15) is 19.5 Å². The first-order valence-corrected chi connectivity index (χ1v) is 11.1. The topological polar surface area (TPSA) is 143 Å². The third-order valence-corrected chi connectivity index (χ3v) is 5.86. The van der Waals surface area contributed by atoms with E-state index in [4.69, 9.17) is 9.84 Å². The molecule has 0 spiro atoms. The fourth-order valence-corrected chi connectivity index (χ4v) is 4.21. The molecule has 1 aliphatic rings. The van der Waals surface area contributed by atoms with Gasteiger partial charge in [0.1, 0.15) is 12.3 Å². The van der Waals surface area contributed by atoms with Crippen LogP contribution in [0.4, 0.5) is 4.79 Å². The molecule has 0 saturated heterocycles. The number of rotatable bonds is 9. The maximum Gasteiger partial charge on any atom is 0.407 e. The predicted molar refractivity (Wildman–Crippen MR) is 126 cm³/mol. The molecule has 10 heteroatoms. The quantitative estimate of drug-likeness (QED) is 0.368. The third kappa shape index (κ3) is 5.49. The van der Waals surface area contributed by atoms with Gasteiger partial charge in [-0.05, 0) is 28.3 Å². The van der Waals surface area contributed by atoms with Crippen LogP contribution in [0.15, 0.2) is 54.6 Å². The summed E-state index contributed by atoms with van der Waals surface area (Å²) in [6.45, 7) is 0.0160. The lowest BCUT2D eigenvalue weighted by atomic mass is 9.98. The number of carbonyl (C=O) groups is 3. The highest BCUT2D eigenvalue weighted by molar-refractivity contribution is 5.85. The van der Waals surface area contributed by atoms with Crippen molar-refractivity contribution in [1.82, 2.24) is 20.4 Å². The Bertz CT molecular complexity index is 1210. The average molecular weight is 479 g/mol. The summed E-state index contributed by atoms with van der Waals surface area (Å²) in [4.78, 5) is 35.3. The van der Waals surface area contributed by atoms with Gasteiger partial charge in [-0.2, -0.15) is 5.10 Å². The number of hydrogen-bond donors (Lipinski definition) is 4. The molecule has 0 saturated carbocycles. The Labute approximate surface area is 201 Å². The van der Waals surface area contributed by atoms with Crippen LogP contribution in [0.2, 0.25) is 0 Å². The number of carboxylic acids is 1. The second-order valence-corrected chi connectivity index (χ2v) is 8.29. The molecule has 2 amide bonds. The fraction of sp³-hybridized carbons (Fsp3) is 0.280. The minimum Gasteiger partial charge on any atom is -0.477 e. The Morgan fingerprint density at radius 1 is 1.06 bits per heavy atom. The number of aromatic nitrogens is 2. The smallest absolute Gasteiger partial charge is 0.407 e. The summed E-state index contributed by atoms with van der Waals surface area (Å²) in [6.07, 6.45) is -2.04. The maximum absolute atomic E-state index is 12.2. The standard InChI is InChI=1S/C25H26N4O6/c1-29-22(24(32)33)10-15(28-29)12-26-23(31)11-16(30)13-27-25(34)35-14-21-19-8-4-2-6-17(19)18-7-3-5-9-20(18)21/h2-10,16,21,30H,11-14H2,1H3,(H,26,31)(H,27,34)(H,32,33). The number of amides is 2. The number of aryl methyl sites for hydroxylation is 1. The summed E-state index contributed by atoms with van der Waals surface area (Å²) in [5.41, 5.74) is 4.83. The molecule has 3 aromatic rings. The zero-order valence-corrected chi connectivity index (χ0v) is 19.1. The molecule has 0 bridgehead atoms. The van der Waals surface area contributed by atoms with Crippen molar-refractivity contribution in [3.63, 3.8) is 0 Å². The Morgan fingerprint density at radius 2 is 1.69 bits per heavy atom. The minimum atomic E-state index is -1.12. The summed E-state index contributed by atoms with van der Waals surface area (Å²) < 4.78 is 6.62. The van der Waals surface area contributed by atoms with E-state index in [1.54, 1.807) is 0 Å². The fourth-order valence-electron chi connectivity index (χ4n) is 4.21. The van der Waals surface area contributed by atoms with Crippen molar-refractivity contribution in [3.05, 3.63) is 77.1 Å². The number of hydrogen-bond acceptors (Lipinski definition) is 6. The van der Waals surface area contributed by atoms with Crippen LogP contribution >= 0.6 is 0 Å². The van der Waals surface area contributed by atoms with Crippen molar-refractivity contribution in [2.24, 2.45) is 7.05 Å². The molecule has 1 heterocycles. The molecule has 1 atom stereocenters. The highest BCUT2D eigenvalue weighted by Gasteiger charge is 2.29. The molecule has 0 radical (unpaired) electrons. The highest BCUT2D eigenvalue weighted by Crippen LogP contribution is 2.44. The van der Waals surface area contributed by atoms with Crippen molar-refractivity contribution in [2.45, 2.75) is 25.0 Å². The lowest BCUT2D eigenvalue weighted by Gasteiger charge is -2.16. The third-order valence-electron chi connectivity index (χ3n) is 5.86. The van der Waals surface area contributed by atoms with Gasteiger partial charge >= 0.3 is 12.1 Å². The van der Waals surface area contributed by atoms with E-state index >= 15 is 0 Å². The molecular weight excluding hydrogens is 452 g/mol. The summed E-state index contributed by atoms with van der Waals surface area (Å²) >= 11 is 0. The largest absolute Gasteiger partial charge is 0.477 e. The Morgan fingerprint density at radius 3 is 2.29 bits per heavy atom. The highest BCUT2D eigenvalue weighted by atomic mass is 16.5. The molecule has 182 valence electrons. The molecule has 35 heavy (non-hydrogen) atoms. The van der Waals surface area contributed by atoms with Crippen molar-refractivity contribution < 1.29 is 29.3 Å². The van der Waals surface area contributed by atoms with E-state index < -0.39 is 24.1 Å². The lowest BCUT2D eigenvalue weighted by Crippen LogP contribution is -2.36. The number of benzene rings is 2. The van der Waals surface area contributed by atoms with Gasteiger partial charge in [-0.1, -0.05) is 48.5 Å². The van der Waals surface area contributed by atoms with Gasteiger partial charge in [0, 0.05) is 19.5 Å². The van der Waals surface area contributed by atoms with Crippen LogP contribution < -0.4 is 10.6 Å². The lowest BCUT2D eigenvalue weighted by molar-refractivity contribution is -0.123. The average Bonchev–Trinajstić information content (AvgIpc) is 3.38. The second kappa shape index (κ2) is 10.4. The zero-order valence-electron chi connectivity index (χ0n) is 19.1. The molecule has 1 aromatic heterocycles. The first kappa shape index (κ1) is 24.0. The monoisotopic (exact) mass is 478 g/mol. The van der Waals surface area contributed by atoms with Crippen molar-refractivity contribution >= 4 is 18.0 Å². The SMILES string of the molecule is Cn1nc(CNC(=O)CC(O)CNC(=O)OCC2c3ccccc3-c3ccccc32)cc1C(=O)O. The van der Waals surface area contributed by atoms with E-state index in [2.05, 4.69) is 27.9 Å². The molecule has 1 aliphatic carbocycles. The second-order valence-electron chi connectivity index (χ2n) is 8.29. The molecule has 4 rings (SSSR count). The number of fused-ring (bicyclic) bond motifs is 3. The molecule has 4 N–H and O–H groups in total. The number of alkyl carbamates (subject to hydrolysis) is 1. The minimum absolute atomic E-state index is 0.00146. The molecule has 0 aliphatic heterocycles. The van der Waals surface area contributed by atoms with Crippen molar-refractivity contribution in [3.8, 4) is 11.1 Å². The van der Waals surface area contributed by atoms with Gasteiger partial charge in [-0.3, -0.25) is 9.48 Å². The number of ether oxygens (including phenoxy) is 1. The molecule has 10 nitrogen and oxygen atoms in total. The van der Waals surface area contributed by atoms with E-state index in [-0.39, 0.29) is 37.7 Å². The van der Waals surface area contributed by atoms with Crippen LogP contribution in [0, 0.1) is 0 Å². The molecule has 2 aromatic carbocycles. The number of nitrogens with one attached hydrogen (secondary N) is 2. The van der Waals surface area contributed by atoms with Gasteiger partial charge < -0.3 is 25.6 Å². The van der Waals surface area contributed by atoms with Crippen LogP contribution in [0.1, 0.15) is 39.6 Å². The molecule has 1 unspecified atom stereocenters. The number of carbonyl (C=O) groups excluding carboxylic acids is 2. The first-order chi connectivity index (χ1) is 16.8. The maximum atomic E-state index is 12.2. The van der Waals surface area contributed by atoms with Gasteiger partial charge in [-0.25, -0.2) is 9.59 Å². The number of nitrogens with zero attached hydrogens (tertiary/aromatic N) is 2. The molecular formula is C25H26N4O6. The van der Waals surface area contributed by atoms with Gasteiger partial charge in [0.05, 0.1) is 24.8 Å². The van der Waals surface area contributed by atoms with Gasteiger partial charge in [0.2, 0.25) is 5.91 Å². The van der Waals surface area contributed by atoms with E-state index in [0.717, 1.165) is 22.3 Å². The van der Waals surface area contributed by atoms with Crippen molar-refractivity contribution in [2.75, 3.05) is 13.2 Å². The summed E-state index contributed by atoms with van der Waals surface area (Å²) in [7, 11) is 1.49. The van der Waals surface area contributed by atoms with Crippen LogP contribution in [-0.4, -0.2) is 57.2 Å². The summed E-state index contributed by atoms with van der Waals surface area (Å²) in [5, 5.41) is 28.2. The first-order valence-electron chi connectivity index (χ1n) is 11.1. The van der Waals surface area contributed by atoms with Crippen LogP contribution in [0.25, 0.3) is 11.1 Å². The van der Waals surface area contributed by atoms with Crippen LogP contribution in [0.5, 0.6) is 0 Å². The molecule has 0 fully saturated rings. The number of aromatic carboxylic acids is 1. The Kier molecular flexibility index (Phi) is 7.11. The van der Waals surface area contributed by atoms with Gasteiger partial charge in [0.15, 0.2) is 0 Å². The van der Waals surface area contributed by atoms with Gasteiger partial charge in [-0.15, -0.1) is 0 Å². The normalized spacial score (nSPS) is 13.0.